The fourth-order valence-corrected chi connectivity index (χ4v) is 4.84. The highest BCUT2D eigenvalue weighted by atomic mass is 35.5. The van der Waals surface area contributed by atoms with Gasteiger partial charge in [0.1, 0.15) is 6.54 Å². The lowest BCUT2D eigenvalue weighted by molar-refractivity contribution is -0.130. The summed E-state index contributed by atoms with van der Waals surface area (Å²) in [6, 6.07) is 11.7. The molecule has 0 radical (unpaired) electrons. The Kier molecular flexibility index (Phi) is 6.30. The number of anilines is 1. The predicted octanol–water partition coefficient (Wildman–Crippen LogP) is 4.16. The first-order valence-corrected chi connectivity index (χ1v) is 11.2. The number of aryl methyl sites for hydroxylation is 2. The minimum absolute atomic E-state index is 0.154. The lowest BCUT2D eigenvalue weighted by atomic mass is 10.1. The highest BCUT2D eigenvalue weighted by Crippen LogP contribution is 2.28. The molecule has 1 amide bonds. The Hall–Kier alpha value is -2.05. The second-order valence-corrected chi connectivity index (χ2v) is 9.47. The van der Waals surface area contributed by atoms with E-state index in [0.29, 0.717) is 23.8 Å². The van der Waals surface area contributed by atoms with Crippen molar-refractivity contribution in [1.82, 2.24) is 4.90 Å². The van der Waals surface area contributed by atoms with Crippen molar-refractivity contribution in [2.24, 2.45) is 0 Å². The minimum Gasteiger partial charge on any atom is -0.341 e. The van der Waals surface area contributed by atoms with Crippen LogP contribution in [0.3, 0.4) is 0 Å². The maximum absolute atomic E-state index is 13.4. The molecule has 1 aliphatic heterocycles. The van der Waals surface area contributed by atoms with E-state index in [9.17, 15) is 13.2 Å². The van der Waals surface area contributed by atoms with Crippen LogP contribution in [0.4, 0.5) is 5.69 Å². The summed E-state index contributed by atoms with van der Waals surface area (Å²) in [4.78, 5) is 14.8. The standard InChI is InChI=1S/C21H25ClN2O3S/c1-16-6-10-19(11-7-16)28(26,27)24(18-9-8-17(2)20(22)14-18)15-21(25)23-12-4-3-5-13-23/h6-11,14H,3-5,12-13,15H2,1-2H3. The Morgan fingerprint density at radius 1 is 1.04 bits per heavy atom. The second kappa shape index (κ2) is 8.53. The normalized spacial score (nSPS) is 14.8. The molecule has 28 heavy (non-hydrogen) atoms. The second-order valence-electron chi connectivity index (χ2n) is 7.20. The third-order valence-corrected chi connectivity index (χ3v) is 7.24. The summed E-state index contributed by atoms with van der Waals surface area (Å²) in [5.74, 6) is -0.188. The van der Waals surface area contributed by atoms with E-state index in [2.05, 4.69) is 0 Å². The number of nitrogens with zero attached hydrogens (tertiary/aromatic N) is 2. The van der Waals surface area contributed by atoms with Crippen molar-refractivity contribution >= 4 is 33.2 Å². The SMILES string of the molecule is Cc1ccc(S(=O)(=O)N(CC(=O)N2CCCCC2)c2ccc(C)c(Cl)c2)cc1. The summed E-state index contributed by atoms with van der Waals surface area (Å²) in [5, 5.41) is 0.465. The highest BCUT2D eigenvalue weighted by molar-refractivity contribution is 7.92. The molecule has 1 heterocycles. The zero-order valence-corrected chi connectivity index (χ0v) is 17.8. The van der Waals surface area contributed by atoms with Crippen LogP contribution in [0.25, 0.3) is 0 Å². The van der Waals surface area contributed by atoms with Crippen molar-refractivity contribution in [2.45, 2.75) is 38.0 Å². The summed E-state index contributed by atoms with van der Waals surface area (Å²) in [6.45, 7) is 4.85. The number of benzene rings is 2. The van der Waals surface area contributed by atoms with Gasteiger partial charge in [0.15, 0.2) is 0 Å². The summed E-state index contributed by atoms with van der Waals surface area (Å²) in [5.41, 5.74) is 2.20. The molecule has 150 valence electrons. The average Bonchev–Trinajstić information content (AvgIpc) is 2.69. The van der Waals surface area contributed by atoms with Crippen LogP contribution in [-0.4, -0.2) is 38.9 Å². The van der Waals surface area contributed by atoms with Gasteiger partial charge in [-0.05, 0) is 62.9 Å². The largest absolute Gasteiger partial charge is 0.341 e. The van der Waals surface area contributed by atoms with Crippen molar-refractivity contribution < 1.29 is 13.2 Å². The maximum atomic E-state index is 13.4. The zero-order valence-electron chi connectivity index (χ0n) is 16.2. The molecule has 7 heteroatoms. The number of hydrogen-bond acceptors (Lipinski definition) is 3. The fraction of sp³-hybridized carbons (Fsp3) is 0.381. The maximum Gasteiger partial charge on any atom is 0.264 e. The summed E-state index contributed by atoms with van der Waals surface area (Å²) in [6.07, 6.45) is 3.00. The Morgan fingerprint density at radius 3 is 2.29 bits per heavy atom. The van der Waals surface area contributed by atoms with Crippen LogP contribution >= 0.6 is 11.6 Å². The molecule has 0 saturated carbocycles. The van der Waals surface area contributed by atoms with E-state index in [1.165, 1.54) is 4.31 Å². The van der Waals surface area contributed by atoms with Gasteiger partial charge in [0.2, 0.25) is 5.91 Å². The van der Waals surface area contributed by atoms with Gasteiger partial charge < -0.3 is 4.90 Å². The van der Waals surface area contributed by atoms with Crippen LogP contribution in [0.2, 0.25) is 5.02 Å². The Balaban J connectivity index is 1.99. The number of carbonyl (C=O) groups is 1. The molecule has 5 nitrogen and oxygen atoms in total. The van der Waals surface area contributed by atoms with Gasteiger partial charge in [-0.25, -0.2) is 8.42 Å². The molecule has 0 aromatic heterocycles. The van der Waals surface area contributed by atoms with Gasteiger partial charge in [-0.1, -0.05) is 35.4 Å². The molecule has 0 spiro atoms. The number of halogens is 1. The monoisotopic (exact) mass is 420 g/mol. The third kappa shape index (κ3) is 4.50. The van der Waals surface area contributed by atoms with E-state index in [1.54, 1.807) is 47.4 Å². The first-order valence-electron chi connectivity index (χ1n) is 9.42. The van der Waals surface area contributed by atoms with Crippen LogP contribution in [-0.2, 0) is 14.8 Å². The van der Waals surface area contributed by atoms with Crippen molar-refractivity contribution in [3.05, 3.63) is 58.6 Å². The van der Waals surface area contributed by atoms with Crippen molar-refractivity contribution in [3.8, 4) is 0 Å². The number of carbonyl (C=O) groups excluding carboxylic acids is 1. The van der Waals surface area contributed by atoms with E-state index in [4.69, 9.17) is 11.6 Å². The summed E-state index contributed by atoms with van der Waals surface area (Å²) < 4.78 is 27.9. The van der Waals surface area contributed by atoms with E-state index in [-0.39, 0.29) is 17.3 Å². The van der Waals surface area contributed by atoms with Crippen molar-refractivity contribution in [3.63, 3.8) is 0 Å². The Bertz CT molecular complexity index is 952. The molecule has 1 fully saturated rings. The molecule has 0 aliphatic carbocycles. The van der Waals surface area contributed by atoms with Gasteiger partial charge in [-0.2, -0.15) is 0 Å². The lowest BCUT2D eigenvalue weighted by Crippen LogP contribution is -2.44. The van der Waals surface area contributed by atoms with Crippen LogP contribution in [0.15, 0.2) is 47.4 Å². The predicted molar refractivity (Wildman–Crippen MR) is 112 cm³/mol. The number of hydrogen-bond donors (Lipinski definition) is 0. The number of sulfonamides is 1. The van der Waals surface area contributed by atoms with Crippen LogP contribution in [0, 0.1) is 13.8 Å². The topological polar surface area (TPSA) is 57.7 Å². The number of amides is 1. The number of likely N-dealkylation sites (tertiary alicyclic amines) is 1. The van der Waals surface area contributed by atoms with Crippen molar-refractivity contribution in [2.75, 3.05) is 23.9 Å². The fourth-order valence-electron chi connectivity index (χ4n) is 3.26. The smallest absolute Gasteiger partial charge is 0.264 e. The van der Waals surface area contributed by atoms with Gasteiger partial charge >= 0.3 is 0 Å². The molecule has 0 N–H and O–H groups in total. The molecule has 1 saturated heterocycles. The lowest BCUT2D eigenvalue weighted by Gasteiger charge is -2.30. The number of rotatable bonds is 5. The van der Waals surface area contributed by atoms with E-state index < -0.39 is 10.0 Å². The first kappa shape index (κ1) is 20.7. The van der Waals surface area contributed by atoms with Gasteiger partial charge in [-0.15, -0.1) is 0 Å². The van der Waals surface area contributed by atoms with Crippen LogP contribution in [0.1, 0.15) is 30.4 Å². The molecule has 0 unspecified atom stereocenters. The molecule has 1 aliphatic rings. The molecular formula is C21H25ClN2O3S. The molecule has 2 aromatic carbocycles. The molecular weight excluding hydrogens is 396 g/mol. The van der Waals surface area contributed by atoms with Gasteiger partial charge in [0, 0.05) is 18.1 Å². The van der Waals surface area contributed by atoms with E-state index in [1.807, 2.05) is 13.8 Å². The first-order chi connectivity index (χ1) is 13.3. The van der Waals surface area contributed by atoms with Gasteiger partial charge in [0.25, 0.3) is 10.0 Å². The number of piperidine rings is 1. The zero-order chi connectivity index (χ0) is 20.3. The molecule has 0 atom stereocenters. The molecule has 3 rings (SSSR count). The van der Waals surface area contributed by atoms with E-state index >= 15 is 0 Å². The van der Waals surface area contributed by atoms with Crippen molar-refractivity contribution in [1.29, 1.82) is 0 Å². The van der Waals surface area contributed by atoms with Gasteiger partial charge in [-0.3, -0.25) is 9.10 Å². The average molecular weight is 421 g/mol. The summed E-state index contributed by atoms with van der Waals surface area (Å²) >= 11 is 6.24. The molecule has 0 bridgehead atoms. The summed E-state index contributed by atoms with van der Waals surface area (Å²) in [7, 11) is -3.91. The third-order valence-electron chi connectivity index (χ3n) is 5.04. The Morgan fingerprint density at radius 2 is 1.68 bits per heavy atom. The Labute approximate surface area is 172 Å². The quantitative estimate of drug-likeness (QED) is 0.729. The highest BCUT2D eigenvalue weighted by Gasteiger charge is 2.29. The van der Waals surface area contributed by atoms with Gasteiger partial charge in [0.05, 0.1) is 10.6 Å². The van der Waals surface area contributed by atoms with Crippen LogP contribution in [0.5, 0.6) is 0 Å². The minimum atomic E-state index is -3.91. The van der Waals surface area contributed by atoms with Crippen LogP contribution < -0.4 is 4.31 Å². The van der Waals surface area contributed by atoms with E-state index in [0.717, 1.165) is 30.4 Å². The molecule has 2 aromatic rings.